The van der Waals surface area contributed by atoms with Crippen molar-refractivity contribution in [3.8, 4) is 0 Å². The van der Waals surface area contributed by atoms with Crippen LogP contribution in [0.1, 0.15) is 28.0 Å². The zero-order valence-corrected chi connectivity index (χ0v) is 14.9. The van der Waals surface area contributed by atoms with Crippen LogP contribution in [-0.2, 0) is 9.84 Å². The zero-order chi connectivity index (χ0) is 18.0. The molecule has 1 amide bonds. The lowest BCUT2D eigenvalue weighted by molar-refractivity contribution is 0.0935. The van der Waals surface area contributed by atoms with E-state index in [-0.39, 0.29) is 23.2 Å². The number of benzene rings is 1. The number of anilines is 2. The van der Waals surface area contributed by atoms with E-state index in [2.05, 4.69) is 26.9 Å². The molecule has 0 bridgehead atoms. The number of aryl methyl sites for hydroxylation is 2. The fourth-order valence-electron chi connectivity index (χ4n) is 2.88. The molecule has 25 heavy (non-hydrogen) atoms. The topological polar surface area (TPSA) is 101 Å². The summed E-state index contributed by atoms with van der Waals surface area (Å²) in [6, 6.07) is 8.95. The number of hydrogen-bond donors (Lipinski definition) is 2. The second-order valence-electron chi connectivity index (χ2n) is 6.38. The fourth-order valence-corrected chi connectivity index (χ4v) is 4.56. The molecule has 1 aromatic carbocycles. The largest absolute Gasteiger partial charge is 0.347 e. The maximum atomic E-state index is 12.1. The van der Waals surface area contributed by atoms with Crippen LogP contribution in [0.3, 0.4) is 0 Å². The molecule has 1 atom stereocenters. The molecule has 0 radical (unpaired) electrons. The molecule has 2 N–H and O–H groups in total. The van der Waals surface area contributed by atoms with Gasteiger partial charge < -0.3 is 10.6 Å². The van der Waals surface area contributed by atoms with Crippen molar-refractivity contribution in [1.29, 1.82) is 0 Å². The Morgan fingerprint density at radius 1 is 1.12 bits per heavy atom. The third-order valence-electron chi connectivity index (χ3n) is 3.96. The minimum Gasteiger partial charge on any atom is -0.347 e. The Morgan fingerprint density at radius 3 is 2.40 bits per heavy atom. The van der Waals surface area contributed by atoms with Gasteiger partial charge in [-0.25, -0.2) is 8.42 Å². The molecule has 1 unspecified atom stereocenters. The summed E-state index contributed by atoms with van der Waals surface area (Å²) in [5.41, 5.74) is 3.34. The molecule has 0 aliphatic carbocycles. The van der Waals surface area contributed by atoms with Crippen molar-refractivity contribution < 1.29 is 13.2 Å². The quantitative estimate of drug-likeness (QED) is 0.861. The van der Waals surface area contributed by atoms with Gasteiger partial charge in [0.1, 0.15) is 0 Å². The predicted octanol–water partition coefficient (Wildman–Crippen LogP) is 1.75. The SMILES string of the molecule is Cc1cc(C)cc(Nc2ccc(C(=O)NC3CCS(=O)(=O)C3)nn2)c1. The van der Waals surface area contributed by atoms with Crippen LogP contribution in [0.25, 0.3) is 0 Å². The van der Waals surface area contributed by atoms with Crippen molar-refractivity contribution in [3.63, 3.8) is 0 Å². The zero-order valence-electron chi connectivity index (χ0n) is 14.1. The lowest BCUT2D eigenvalue weighted by atomic mass is 10.1. The van der Waals surface area contributed by atoms with Gasteiger partial charge in [0.25, 0.3) is 5.91 Å². The highest BCUT2D eigenvalue weighted by atomic mass is 32.2. The molecule has 1 aromatic heterocycles. The fraction of sp³-hybridized carbons (Fsp3) is 0.353. The first kappa shape index (κ1) is 17.3. The Hall–Kier alpha value is -2.48. The standard InChI is InChI=1S/C17H20N4O3S/c1-11-7-12(2)9-14(8-11)18-16-4-3-15(20-21-16)17(22)19-13-5-6-25(23,24)10-13/h3-4,7-9,13H,5-6,10H2,1-2H3,(H,18,21)(H,19,22). The van der Waals surface area contributed by atoms with Gasteiger partial charge in [-0.1, -0.05) is 6.07 Å². The predicted molar refractivity (Wildman–Crippen MR) is 95.8 cm³/mol. The summed E-state index contributed by atoms with van der Waals surface area (Å²) in [5.74, 6) is 0.221. The van der Waals surface area contributed by atoms with E-state index in [9.17, 15) is 13.2 Å². The van der Waals surface area contributed by atoms with Gasteiger partial charge in [0, 0.05) is 11.7 Å². The number of nitrogens with one attached hydrogen (secondary N) is 2. The van der Waals surface area contributed by atoms with Gasteiger partial charge in [-0.3, -0.25) is 4.79 Å². The van der Waals surface area contributed by atoms with E-state index in [0.29, 0.717) is 12.2 Å². The molecular formula is C17H20N4O3S. The Bertz CT molecular complexity index is 874. The number of carbonyl (C=O) groups is 1. The van der Waals surface area contributed by atoms with Crippen molar-refractivity contribution in [2.75, 3.05) is 16.8 Å². The third kappa shape index (κ3) is 4.54. The van der Waals surface area contributed by atoms with Crippen LogP contribution >= 0.6 is 0 Å². The van der Waals surface area contributed by atoms with Crippen molar-refractivity contribution in [2.45, 2.75) is 26.3 Å². The highest BCUT2D eigenvalue weighted by molar-refractivity contribution is 7.91. The molecule has 0 spiro atoms. The van der Waals surface area contributed by atoms with Crippen LogP contribution in [0.15, 0.2) is 30.3 Å². The average Bonchev–Trinajstić information content (AvgIpc) is 2.85. The summed E-state index contributed by atoms with van der Waals surface area (Å²) < 4.78 is 22.9. The Morgan fingerprint density at radius 2 is 1.84 bits per heavy atom. The summed E-state index contributed by atoms with van der Waals surface area (Å²) in [4.78, 5) is 12.1. The van der Waals surface area contributed by atoms with E-state index in [1.54, 1.807) is 12.1 Å². The molecule has 1 saturated heterocycles. The Balaban J connectivity index is 1.64. The second-order valence-corrected chi connectivity index (χ2v) is 8.61. The minimum absolute atomic E-state index is 0.0154. The summed E-state index contributed by atoms with van der Waals surface area (Å²) >= 11 is 0. The molecule has 132 valence electrons. The third-order valence-corrected chi connectivity index (χ3v) is 5.73. The van der Waals surface area contributed by atoms with Gasteiger partial charge in [0.05, 0.1) is 11.5 Å². The minimum atomic E-state index is -3.03. The smallest absolute Gasteiger partial charge is 0.272 e. The lowest BCUT2D eigenvalue weighted by Gasteiger charge is -2.10. The maximum absolute atomic E-state index is 12.1. The molecule has 1 aliphatic rings. The molecule has 1 aliphatic heterocycles. The number of carbonyl (C=O) groups excluding carboxylic acids is 1. The monoisotopic (exact) mass is 360 g/mol. The van der Waals surface area contributed by atoms with Crippen LogP contribution in [-0.4, -0.2) is 42.1 Å². The van der Waals surface area contributed by atoms with Gasteiger partial charge in [-0.05, 0) is 55.7 Å². The number of aromatic nitrogens is 2. The van der Waals surface area contributed by atoms with Crippen molar-refractivity contribution >= 4 is 27.2 Å². The normalized spacial score (nSPS) is 18.7. The first-order chi connectivity index (χ1) is 11.8. The van der Waals surface area contributed by atoms with Gasteiger partial charge in [-0.15, -0.1) is 10.2 Å². The number of amides is 1. The lowest BCUT2D eigenvalue weighted by Crippen LogP contribution is -2.36. The average molecular weight is 360 g/mol. The highest BCUT2D eigenvalue weighted by Gasteiger charge is 2.29. The van der Waals surface area contributed by atoms with Crippen LogP contribution in [0.2, 0.25) is 0 Å². The number of rotatable bonds is 4. The van der Waals surface area contributed by atoms with E-state index in [4.69, 9.17) is 0 Å². The highest BCUT2D eigenvalue weighted by Crippen LogP contribution is 2.18. The first-order valence-electron chi connectivity index (χ1n) is 8.01. The van der Waals surface area contributed by atoms with Crippen LogP contribution < -0.4 is 10.6 Å². The number of nitrogens with zero attached hydrogens (tertiary/aromatic N) is 2. The summed E-state index contributed by atoms with van der Waals surface area (Å²) in [6.45, 7) is 4.03. The molecule has 7 nitrogen and oxygen atoms in total. The second kappa shape index (κ2) is 6.79. The molecular weight excluding hydrogens is 340 g/mol. The summed E-state index contributed by atoms with van der Waals surface area (Å²) in [5, 5.41) is 13.8. The van der Waals surface area contributed by atoms with Crippen molar-refractivity contribution in [2.24, 2.45) is 0 Å². The molecule has 2 aromatic rings. The molecule has 2 heterocycles. The van der Waals surface area contributed by atoms with E-state index in [1.807, 2.05) is 26.0 Å². The van der Waals surface area contributed by atoms with Gasteiger partial charge >= 0.3 is 0 Å². The molecule has 1 fully saturated rings. The first-order valence-corrected chi connectivity index (χ1v) is 9.83. The van der Waals surface area contributed by atoms with E-state index >= 15 is 0 Å². The number of hydrogen-bond acceptors (Lipinski definition) is 6. The van der Waals surface area contributed by atoms with Crippen molar-refractivity contribution in [1.82, 2.24) is 15.5 Å². The van der Waals surface area contributed by atoms with Crippen LogP contribution in [0.5, 0.6) is 0 Å². The molecule has 8 heteroatoms. The van der Waals surface area contributed by atoms with Crippen LogP contribution in [0, 0.1) is 13.8 Å². The van der Waals surface area contributed by atoms with Crippen LogP contribution in [0.4, 0.5) is 11.5 Å². The van der Waals surface area contributed by atoms with Gasteiger partial charge in [0.15, 0.2) is 21.3 Å². The van der Waals surface area contributed by atoms with E-state index < -0.39 is 15.7 Å². The summed E-state index contributed by atoms with van der Waals surface area (Å²) in [6.07, 6.45) is 0.438. The number of sulfone groups is 1. The Kier molecular flexibility index (Phi) is 4.71. The van der Waals surface area contributed by atoms with Gasteiger partial charge in [-0.2, -0.15) is 0 Å². The van der Waals surface area contributed by atoms with Crippen molar-refractivity contribution in [3.05, 3.63) is 47.2 Å². The molecule has 0 saturated carbocycles. The maximum Gasteiger partial charge on any atom is 0.272 e. The summed E-state index contributed by atoms with van der Waals surface area (Å²) in [7, 11) is -3.03. The Labute approximate surface area is 146 Å². The van der Waals surface area contributed by atoms with E-state index in [0.717, 1.165) is 16.8 Å². The van der Waals surface area contributed by atoms with Gasteiger partial charge in [0.2, 0.25) is 0 Å². The van der Waals surface area contributed by atoms with E-state index in [1.165, 1.54) is 0 Å². The molecule has 3 rings (SSSR count).